The Morgan fingerprint density at radius 1 is 1.50 bits per heavy atom. The van der Waals surface area contributed by atoms with Gasteiger partial charge in [0.2, 0.25) is 6.29 Å². The summed E-state index contributed by atoms with van der Waals surface area (Å²) in [5.41, 5.74) is 7.50. The molecule has 0 fully saturated rings. The van der Waals surface area contributed by atoms with Crippen molar-refractivity contribution < 1.29 is 4.79 Å². The average Bonchev–Trinajstić information content (AvgIpc) is 1.95. The third-order valence-electron chi connectivity index (χ3n) is 1.49. The van der Waals surface area contributed by atoms with Gasteiger partial charge in [0.25, 0.3) is 0 Å². The number of anilines is 1. The summed E-state index contributed by atoms with van der Waals surface area (Å²) in [4.78, 5) is 10.2. The Morgan fingerprint density at radius 3 is 2.70 bits per heavy atom. The van der Waals surface area contributed by atoms with E-state index < -0.39 is 0 Å². The molecule has 0 unspecified atom stereocenters. The van der Waals surface area contributed by atoms with Crippen LogP contribution in [0.5, 0.6) is 0 Å². The standard InChI is InChI=1S/C8H8NO/c1-6-7(5-10)3-2-4-8(6)9/h2-4H,9H2,1H3. The van der Waals surface area contributed by atoms with Crippen molar-refractivity contribution in [3.8, 4) is 0 Å². The molecule has 1 aromatic carbocycles. The van der Waals surface area contributed by atoms with Crippen LogP contribution in [0.1, 0.15) is 11.1 Å². The Bertz CT molecular complexity index is 255. The Kier molecular flexibility index (Phi) is 1.71. The second-order valence-electron chi connectivity index (χ2n) is 2.12. The van der Waals surface area contributed by atoms with Crippen molar-refractivity contribution in [1.82, 2.24) is 0 Å². The largest absolute Gasteiger partial charge is 0.398 e. The molecule has 2 N–H and O–H groups in total. The summed E-state index contributed by atoms with van der Waals surface area (Å²) in [6.07, 6.45) is 1.81. The van der Waals surface area contributed by atoms with Gasteiger partial charge in [0.1, 0.15) is 0 Å². The summed E-state index contributed by atoms with van der Waals surface area (Å²) in [6, 6.07) is 5.19. The lowest BCUT2D eigenvalue weighted by atomic mass is 10.1. The van der Waals surface area contributed by atoms with Crippen LogP contribution in [0.2, 0.25) is 0 Å². The SMILES string of the molecule is Cc1c(N)cccc1[C]=O. The molecule has 0 aliphatic carbocycles. The van der Waals surface area contributed by atoms with E-state index in [1.165, 1.54) is 0 Å². The van der Waals surface area contributed by atoms with Crippen molar-refractivity contribution >= 4 is 12.0 Å². The fourth-order valence-corrected chi connectivity index (χ4v) is 0.764. The third-order valence-corrected chi connectivity index (χ3v) is 1.49. The molecular weight excluding hydrogens is 126 g/mol. The molecule has 1 radical (unpaired) electrons. The van der Waals surface area contributed by atoms with E-state index in [9.17, 15) is 4.79 Å². The highest BCUT2D eigenvalue weighted by Gasteiger charge is 1.98. The van der Waals surface area contributed by atoms with Gasteiger partial charge in [-0.15, -0.1) is 0 Å². The Morgan fingerprint density at radius 2 is 2.20 bits per heavy atom. The van der Waals surface area contributed by atoms with Crippen LogP contribution < -0.4 is 5.73 Å². The van der Waals surface area contributed by atoms with Gasteiger partial charge >= 0.3 is 0 Å². The molecular formula is C8H8NO. The number of benzene rings is 1. The number of carbonyl (C=O) groups excluding carboxylic acids is 1. The molecule has 0 bridgehead atoms. The van der Waals surface area contributed by atoms with Crippen LogP contribution in [-0.2, 0) is 4.79 Å². The van der Waals surface area contributed by atoms with Gasteiger partial charge in [-0.1, -0.05) is 12.1 Å². The molecule has 0 aliphatic heterocycles. The molecule has 0 aromatic heterocycles. The molecule has 1 rings (SSSR count). The first kappa shape index (κ1) is 6.81. The van der Waals surface area contributed by atoms with Crippen LogP contribution in [0.3, 0.4) is 0 Å². The van der Waals surface area contributed by atoms with E-state index in [-0.39, 0.29) is 0 Å². The van der Waals surface area contributed by atoms with E-state index in [0.29, 0.717) is 11.3 Å². The van der Waals surface area contributed by atoms with Crippen molar-refractivity contribution in [1.29, 1.82) is 0 Å². The average molecular weight is 134 g/mol. The van der Waals surface area contributed by atoms with Crippen molar-refractivity contribution in [2.24, 2.45) is 0 Å². The van der Waals surface area contributed by atoms with Crippen LogP contribution in [0, 0.1) is 6.92 Å². The van der Waals surface area contributed by atoms with E-state index in [4.69, 9.17) is 5.73 Å². The molecule has 2 nitrogen and oxygen atoms in total. The van der Waals surface area contributed by atoms with E-state index in [1.807, 2.05) is 0 Å². The van der Waals surface area contributed by atoms with Crippen molar-refractivity contribution in [3.63, 3.8) is 0 Å². The van der Waals surface area contributed by atoms with Crippen LogP contribution in [0.15, 0.2) is 18.2 Å². The van der Waals surface area contributed by atoms with Gasteiger partial charge in [-0.05, 0) is 18.6 Å². The van der Waals surface area contributed by atoms with Crippen LogP contribution >= 0.6 is 0 Å². The van der Waals surface area contributed by atoms with E-state index in [1.54, 1.807) is 31.4 Å². The highest BCUT2D eigenvalue weighted by Crippen LogP contribution is 2.12. The molecule has 51 valence electrons. The summed E-state index contributed by atoms with van der Waals surface area (Å²) in [5, 5.41) is 0. The highest BCUT2D eigenvalue weighted by atomic mass is 16.1. The zero-order chi connectivity index (χ0) is 7.56. The molecule has 0 amide bonds. The smallest absolute Gasteiger partial charge is 0.233 e. The predicted molar refractivity (Wildman–Crippen MR) is 40.4 cm³/mol. The van der Waals surface area contributed by atoms with Gasteiger partial charge in [0.05, 0.1) is 0 Å². The fraction of sp³-hybridized carbons (Fsp3) is 0.125. The number of nitrogen functional groups attached to an aromatic ring is 1. The van der Waals surface area contributed by atoms with E-state index in [2.05, 4.69) is 0 Å². The second-order valence-corrected chi connectivity index (χ2v) is 2.12. The first-order valence-electron chi connectivity index (χ1n) is 2.99. The van der Waals surface area contributed by atoms with Crippen LogP contribution in [0.4, 0.5) is 5.69 Å². The zero-order valence-corrected chi connectivity index (χ0v) is 5.72. The number of hydrogen-bond donors (Lipinski definition) is 1. The number of hydrogen-bond acceptors (Lipinski definition) is 2. The first-order valence-corrected chi connectivity index (χ1v) is 2.99. The van der Waals surface area contributed by atoms with Gasteiger partial charge in [-0.3, -0.25) is 4.79 Å². The Balaban J connectivity index is 3.27. The normalized spacial score (nSPS) is 9.30. The summed E-state index contributed by atoms with van der Waals surface area (Å²) in [7, 11) is 0. The maximum absolute atomic E-state index is 10.2. The molecule has 0 saturated heterocycles. The second kappa shape index (κ2) is 2.52. The van der Waals surface area contributed by atoms with E-state index >= 15 is 0 Å². The summed E-state index contributed by atoms with van der Waals surface area (Å²) in [6.45, 7) is 1.80. The molecule has 0 spiro atoms. The Hall–Kier alpha value is -1.31. The molecule has 2 heteroatoms. The van der Waals surface area contributed by atoms with Gasteiger partial charge < -0.3 is 5.73 Å². The van der Waals surface area contributed by atoms with Gasteiger partial charge in [-0.25, -0.2) is 0 Å². The monoisotopic (exact) mass is 134 g/mol. The molecule has 0 saturated carbocycles. The summed E-state index contributed by atoms with van der Waals surface area (Å²) in [5.74, 6) is 0. The molecule has 0 atom stereocenters. The van der Waals surface area contributed by atoms with Gasteiger partial charge in [0.15, 0.2) is 0 Å². The molecule has 10 heavy (non-hydrogen) atoms. The minimum absolute atomic E-state index is 0.542. The molecule has 0 heterocycles. The highest BCUT2D eigenvalue weighted by molar-refractivity contribution is 5.80. The maximum Gasteiger partial charge on any atom is 0.233 e. The van der Waals surface area contributed by atoms with Crippen LogP contribution in [-0.4, -0.2) is 6.29 Å². The fourth-order valence-electron chi connectivity index (χ4n) is 0.764. The topological polar surface area (TPSA) is 43.1 Å². The zero-order valence-electron chi connectivity index (χ0n) is 5.72. The number of rotatable bonds is 1. The minimum atomic E-state index is 0.542. The lowest BCUT2D eigenvalue weighted by Crippen LogP contribution is -1.93. The predicted octanol–water partition coefficient (Wildman–Crippen LogP) is 1.04. The first-order chi connectivity index (χ1) is 4.75. The summed E-state index contributed by atoms with van der Waals surface area (Å²) < 4.78 is 0. The van der Waals surface area contributed by atoms with Gasteiger partial charge in [0, 0.05) is 11.3 Å². The molecule has 1 aromatic rings. The maximum atomic E-state index is 10.2. The molecule has 0 aliphatic rings. The number of nitrogens with two attached hydrogens (primary N) is 1. The minimum Gasteiger partial charge on any atom is -0.398 e. The lowest BCUT2D eigenvalue weighted by Gasteiger charge is -1.99. The van der Waals surface area contributed by atoms with Crippen molar-refractivity contribution in [2.75, 3.05) is 5.73 Å². The quantitative estimate of drug-likeness (QED) is 0.583. The van der Waals surface area contributed by atoms with Crippen molar-refractivity contribution in [3.05, 3.63) is 29.3 Å². The van der Waals surface area contributed by atoms with Crippen molar-refractivity contribution in [2.45, 2.75) is 6.92 Å². The van der Waals surface area contributed by atoms with Gasteiger partial charge in [-0.2, -0.15) is 0 Å². The third kappa shape index (κ3) is 1.00. The summed E-state index contributed by atoms with van der Waals surface area (Å²) >= 11 is 0. The van der Waals surface area contributed by atoms with Crippen LogP contribution in [0.25, 0.3) is 0 Å². The Labute approximate surface area is 59.7 Å². The van der Waals surface area contributed by atoms with E-state index in [0.717, 1.165) is 5.56 Å². The lowest BCUT2D eigenvalue weighted by molar-refractivity contribution is 0.562.